The van der Waals surface area contributed by atoms with Gasteiger partial charge in [0.25, 0.3) is 0 Å². The highest BCUT2D eigenvalue weighted by Crippen LogP contribution is 2.29. The molecule has 0 radical (unpaired) electrons. The summed E-state index contributed by atoms with van der Waals surface area (Å²) >= 11 is 0. The molecule has 0 aliphatic heterocycles. The molecule has 22 heavy (non-hydrogen) atoms. The Morgan fingerprint density at radius 1 is 1.18 bits per heavy atom. The summed E-state index contributed by atoms with van der Waals surface area (Å²) in [5.74, 6) is 1.12. The van der Waals surface area contributed by atoms with E-state index < -0.39 is 6.16 Å². The van der Waals surface area contributed by atoms with E-state index in [0.29, 0.717) is 19.1 Å². The number of hydrogen-bond acceptors (Lipinski definition) is 5. The van der Waals surface area contributed by atoms with Gasteiger partial charge in [0, 0.05) is 0 Å². The molecule has 5 heteroatoms. The van der Waals surface area contributed by atoms with E-state index in [9.17, 15) is 9.90 Å². The number of hydrogen-bond donors (Lipinski definition) is 1. The number of carbonyl (C=O) groups excluding carboxylic acids is 1. The smallest absolute Gasteiger partial charge is 0.490 e. The van der Waals surface area contributed by atoms with Gasteiger partial charge in [-0.15, -0.1) is 0 Å². The molecule has 2 rings (SSSR count). The van der Waals surface area contributed by atoms with Gasteiger partial charge in [-0.1, -0.05) is 18.6 Å². The van der Waals surface area contributed by atoms with Crippen molar-refractivity contribution in [1.29, 1.82) is 0 Å². The topological polar surface area (TPSA) is 65.0 Å². The zero-order chi connectivity index (χ0) is 15.8. The van der Waals surface area contributed by atoms with E-state index in [-0.39, 0.29) is 12.7 Å². The van der Waals surface area contributed by atoms with Gasteiger partial charge in [0.15, 0.2) is 0 Å². The van der Waals surface area contributed by atoms with E-state index in [1.807, 2.05) is 24.3 Å². The second kappa shape index (κ2) is 8.63. The summed E-state index contributed by atoms with van der Waals surface area (Å²) in [5.41, 5.74) is 1.21. The number of rotatable bonds is 7. The summed E-state index contributed by atoms with van der Waals surface area (Å²) in [5, 5.41) is 9.85. The van der Waals surface area contributed by atoms with Crippen LogP contribution in [0.5, 0.6) is 5.75 Å². The third-order valence-electron chi connectivity index (χ3n) is 3.87. The Kier molecular flexibility index (Phi) is 6.52. The number of ether oxygens (including phenoxy) is 3. The maximum Gasteiger partial charge on any atom is 0.508 e. The van der Waals surface area contributed by atoms with Crippen LogP contribution in [0.15, 0.2) is 24.3 Å². The molecule has 2 atom stereocenters. The first kappa shape index (κ1) is 16.6. The highest BCUT2D eigenvalue weighted by Gasteiger charge is 2.24. The molecule has 1 aliphatic rings. The second-order valence-corrected chi connectivity index (χ2v) is 5.49. The Bertz CT molecular complexity index is 457. The lowest BCUT2D eigenvalue weighted by Gasteiger charge is -2.14. The molecule has 0 aromatic heterocycles. The van der Waals surface area contributed by atoms with E-state index in [2.05, 4.69) is 4.74 Å². The molecule has 1 aromatic rings. The van der Waals surface area contributed by atoms with Crippen molar-refractivity contribution in [3.05, 3.63) is 29.8 Å². The van der Waals surface area contributed by atoms with Crippen molar-refractivity contribution in [1.82, 2.24) is 0 Å². The predicted octanol–water partition coefficient (Wildman–Crippen LogP) is 2.94. The van der Waals surface area contributed by atoms with Gasteiger partial charge in [0.1, 0.15) is 19.0 Å². The maximum atomic E-state index is 11.0. The first-order chi connectivity index (χ1) is 10.7. The Morgan fingerprint density at radius 3 is 2.59 bits per heavy atom. The first-order valence-electron chi connectivity index (χ1n) is 7.88. The molecule has 1 aliphatic carbocycles. The quantitative estimate of drug-likeness (QED) is 0.620. The number of benzene rings is 1. The summed E-state index contributed by atoms with van der Waals surface area (Å²) in [6, 6.07) is 7.85. The van der Waals surface area contributed by atoms with Crippen LogP contribution in [0, 0.1) is 5.92 Å². The van der Waals surface area contributed by atoms with Gasteiger partial charge in [-0.2, -0.15) is 0 Å². The minimum absolute atomic E-state index is 0.157. The van der Waals surface area contributed by atoms with Gasteiger partial charge in [0.05, 0.1) is 12.7 Å². The Balaban J connectivity index is 1.69. The molecular weight excluding hydrogens is 284 g/mol. The van der Waals surface area contributed by atoms with Crippen LogP contribution < -0.4 is 4.74 Å². The zero-order valence-corrected chi connectivity index (χ0v) is 13.0. The average Bonchev–Trinajstić information content (AvgIpc) is 2.91. The predicted molar refractivity (Wildman–Crippen MR) is 82.0 cm³/mol. The van der Waals surface area contributed by atoms with E-state index in [1.165, 1.54) is 5.56 Å². The standard InChI is InChI=1S/C17H24O5/c1-2-20-17(19)22-11-10-21-15-8-6-13(7-9-15)12-14-4-3-5-16(14)18/h6-9,14,16,18H,2-5,10-12H2,1H3/t14-,16-/m0/s1. The van der Waals surface area contributed by atoms with E-state index in [4.69, 9.17) is 9.47 Å². The van der Waals surface area contributed by atoms with Gasteiger partial charge in [0.2, 0.25) is 0 Å². The molecule has 1 fully saturated rings. The molecule has 0 saturated heterocycles. The van der Waals surface area contributed by atoms with Crippen LogP contribution in [0.3, 0.4) is 0 Å². The van der Waals surface area contributed by atoms with E-state index >= 15 is 0 Å². The normalized spacial score (nSPS) is 20.6. The molecule has 0 amide bonds. The van der Waals surface area contributed by atoms with Crippen molar-refractivity contribution in [2.75, 3.05) is 19.8 Å². The Labute approximate surface area is 131 Å². The van der Waals surface area contributed by atoms with Crippen LogP contribution in [-0.2, 0) is 15.9 Å². The van der Waals surface area contributed by atoms with Crippen molar-refractivity contribution >= 4 is 6.16 Å². The fourth-order valence-electron chi connectivity index (χ4n) is 2.72. The minimum Gasteiger partial charge on any atom is -0.490 e. The number of carbonyl (C=O) groups is 1. The van der Waals surface area contributed by atoms with E-state index in [0.717, 1.165) is 31.4 Å². The minimum atomic E-state index is -0.670. The fourth-order valence-corrected chi connectivity index (χ4v) is 2.72. The molecule has 1 N–H and O–H groups in total. The molecular formula is C17H24O5. The van der Waals surface area contributed by atoms with Crippen molar-refractivity contribution < 1.29 is 24.1 Å². The Morgan fingerprint density at radius 2 is 1.95 bits per heavy atom. The molecule has 0 heterocycles. The summed E-state index contributed by atoms with van der Waals surface area (Å²) in [4.78, 5) is 11.0. The highest BCUT2D eigenvalue weighted by molar-refractivity contribution is 5.59. The summed E-state index contributed by atoms with van der Waals surface area (Å²) in [6.07, 6.45) is 3.23. The van der Waals surface area contributed by atoms with Crippen molar-refractivity contribution in [3.8, 4) is 5.75 Å². The lowest BCUT2D eigenvalue weighted by atomic mass is 9.96. The fraction of sp³-hybridized carbons (Fsp3) is 0.588. The van der Waals surface area contributed by atoms with Crippen molar-refractivity contribution in [2.24, 2.45) is 5.92 Å². The SMILES string of the molecule is CCOC(=O)OCCOc1ccc(C[C@@H]2CCC[C@@H]2O)cc1. The summed E-state index contributed by atoms with van der Waals surface area (Å²) < 4.78 is 15.0. The lowest BCUT2D eigenvalue weighted by Crippen LogP contribution is -2.15. The zero-order valence-electron chi connectivity index (χ0n) is 13.0. The summed E-state index contributed by atoms with van der Waals surface area (Å²) in [6.45, 7) is 2.48. The second-order valence-electron chi connectivity index (χ2n) is 5.49. The number of aliphatic hydroxyl groups excluding tert-OH is 1. The highest BCUT2D eigenvalue weighted by atomic mass is 16.7. The monoisotopic (exact) mass is 308 g/mol. The molecule has 1 saturated carbocycles. The van der Waals surface area contributed by atoms with Crippen LogP contribution >= 0.6 is 0 Å². The average molecular weight is 308 g/mol. The van der Waals surface area contributed by atoms with Crippen LogP contribution in [0.1, 0.15) is 31.7 Å². The van der Waals surface area contributed by atoms with Crippen LogP contribution in [0.2, 0.25) is 0 Å². The van der Waals surface area contributed by atoms with Crippen LogP contribution in [0.25, 0.3) is 0 Å². The van der Waals surface area contributed by atoms with E-state index in [1.54, 1.807) is 6.92 Å². The maximum absolute atomic E-state index is 11.0. The third kappa shape index (κ3) is 5.22. The van der Waals surface area contributed by atoms with Crippen molar-refractivity contribution in [3.63, 3.8) is 0 Å². The van der Waals surface area contributed by atoms with Gasteiger partial charge < -0.3 is 19.3 Å². The lowest BCUT2D eigenvalue weighted by molar-refractivity contribution is 0.0495. The molecule has 122 valence electrons. The largest absolute Gasteiger partial charge is 0.508 e. The summed E-state index contributed by atoms with van der Waals surface area (Å²) in [7, 11) is 0. The van der Waals surface area contributed by atoms with Crippen LogP contribution in [0.4, 0.5) is 4.79 Å². The molecule has 0 unspecified atom stereocenters. The van der Waals surface area contributed by atoms with Crippen LogP contribution in [-0.4, -0.2) is 37.2 Å². The van der Waals surface area contributed by atoms with Gasteiger partial charge in [-0.3, -0.25) is 0 Å². The van der Waals surface area contributed by atoms with Gasteiger partial charge >= 0.3 is 6.16 Å². The molecule has 5 nitrogen and oxygen atoms in total. The van der Waals surface area contributed by atoms with Gasteiger partial charge in [-0.25, -0.2) is 4.79 Å². The first-order valence-corrected chi connectivity index (χ1v) is 7.88. The third-order valence-corrected chi connectivity index (χ3v) is 3.87. The number of aliphatic hydroxyl groups is 1. The van der Waals surface area contributed by atoms with Crippen molar-refractivity contribution in [2.45, 2.75) is 38.7 Å². The van der Waals surface area contributed by atoms with Gasteiger partial charge in [-0.05, 0) is 49.8 Å². The molecule has 0 spiro atoms. The Hall–Kier alpha value is -1.75. The molecule has 1 aromatic carbocycles. The molecule has 0 bridgehead atoms.